The average molecular weight is 479 g/mol. The Morgan fingerprint density at radius 3 is 2.53 bits per heavy atom. The molecule has 4 aliphatic carbocycles. The number of fused-ring (bicyclic) bond motifs is 4. The fraction of sp³-hybridized carbons (Fsp3) is 0.633. The summed E-state index contributed by atoms with van der Waals surface area (Å²) >= 11 is 0. The van der Waals surface area contributed by atoms with E-state index in [-0.39, 0.29) is 17.4 Å². The van der Waals surface area contributed by atoms with E-state index in [1.54, 1.807) is 7.11 Å². The molecule has 0 spiro atoms. The van der Waals surface area contributed by atoms with Crippen molar-refractivity contribution in [2.45, 2.75) is 88.9 Å². The second-order valence-electron chi connectivity index (χ2n) is 11.4. The normalized spacial score (nSPS) is 41.3. The first-order chi connectivity index (χ1) is 16.2. The summed E-state index contributed by atoms with van der Waals surface area (Å²) in [5.41, 5.74) is 3.99. The highest BCUT2D eigenvalue weighted by atomic mass is 31.0. The van der Waals surface area contributed by atoms with Crippen molar-refractivity contribution in [2.24, 2.45) is 17.3 Å². The first-order valence-corrected chi connectivity index (χ1v) is 13.3. The van der Waals surface area contributed by atoms with E-state index in [0.29, 0.717) is 11.8 Å². The van der Waals surface area contributed by atoms with Gasteiger partial charge in [-0.25, -0.2) is 0 Å². The first-order valence-electron chi connectivity index (χ1n) is 12.8. The van der Waals surface area contributed by atoms with Gasteiger partial charge in [-0.2, -0.15) is 0 Å². The van der Waals surface area contributed by atoms with Crippen LogP contribution in [0, 0.1) is 36.0 Å². The minimum atomic E-state index is -0.710. The van der Waals surface area contributed by atoms with E-state index < -0.39 is 11.2 Å². The van der Waals surface area contributed by atoms with Crippen LogP contribution < -0.4 is 0 Å². The summed E-state index contributed by atoms with van der Waals surface area (Å²) in [7, 11) is 7.41. The number of rotatable bonds is 3. The predicted molar refractivity (Wildman–Crippen MR) is 141 cm³/mol. The molecule has 1 N–H and O–H groups in total. The summed E-state index contributed by atoms with van der Waals surface area (Å²) in [6.45, 7) is 6.46. The maximum atomic E-state index is 11.9. The molecule has 5 rings (SSSR count). The Morgan fingerprint density at radius 2 is 1.88 bits per heavy atom. The summed E-state index contributed by atoms with van der Waals surface area (Å²) in [5.74, 6) is 7.82. The van der Waals surface area contributed by atoms with Crippen molar-refractivity contribution >= 4 is 14.2 Å². The fourth-order valence-corrected chi connectivity index (χ4v) is 8.71. The van der Waals surface area contributed by atoms with Crippen LogP contribution in [-0.2, 0) is 9.47 Å². The molecule has 5 unspecified atom stereocenters. The van der Waals surface area contributed by atoms with Crippen LogP contribution in [0.2, 0.25) is 0 Å². The van der Waals surface area contributed by atoms with Crippen molar-refractivity contribution in [2.75, 3.05) is 14.2 Å². The van der Waals surface area contributed by atoms with Crippen LogP contribution in [0.1, 0.15) is 75.8 Å². The topological polar surface area (TPSA) is 38.7 Å². The lowest BCUT2D eigenvalue weighted by molar-refractivity contribution is -0.129. The van der Waals surface area contributed by atoms with Gasteiger partial charge < -0.3 is 14.6 Å². The number of methoxy groups -OCH3 is 2. The molecule has 4 heteroatoms. The minimum Gasteiger partial charge on any atom is -0.385 e. The van der Waals surface area contributed by atoms with Crippen molar-refractivity contribution in [1.82, 2.24) is 0 Å². The highest BCUT2D eigenvalue weighted by Crippen LogP contribution is 2.68. The zero-order valence-electron chi connectivity index (χ0n) is 21.3. The third kappa shape index (κ3) is 3.33. The van der Waals surface area contributed by atoms with Crippen molar-refractivity contribution in [3.05, 3.63) is 46.5 Å². The maximum Gasteiger partial charge on any atom is 0.159 e. The molecule has 1 aromatic carbocycles. The van der Waals surface area contributed by atoms with Crippen molar-refractivity contribution in [1.29, 1.82) is 0 Å². The predicted octanol–water partition coefficient (Wildman–Crippen LogP) is 5.87. The zero-order chi connectivity index (χ0) is 24.3. The molecule has 0 heterocycles. The van der Waals surface area contributed by atoms with Crippen molar-refractivity contribution in [3.8, 4) is 11.8 Å². The van der Waals surface area contributed by atoms with Gasteiger partial charge in [-0.05, 0) is 80.6 Å². The largest absolute Gasteiger partial charge is 0.385 e. The molecule has 3 nitrogen and oxygen atoms in total. The Kier molecular flexibility index (Phi) is 6.14. The Labute approximate surface area is 207 Å². The summed E-state index contributed by atoms with van der Waals surface area (Å²) in [6, 6.07) is 9.06. The Morgan fingerprint density at radius 1 is 1.15 bits per heavy atom. The number of hydrogen-bond donors (Lipinski definition) is 1. The third-order valence-electron chi connectivity index (χ3n) is 9.84. The van der Waals surface area contributed by atoms with Crippen LogP contribution in [0.3, 0.4) is 0 Å². The molecule has 0 bridgehead atoms. The average Bonchev–Trinajstić information content (AvgIpc) is 3.06. The molecule has 0 amide bonds. The number of ether oxygens (including phenoxy) is 2. The van der Waals surface area contributed by atoms with E-state index in [0.717, 1.165) is 44.9 Å². The van der Waals surface area contributed by atoms with Crippen LogP contribution >= 0.6 is 8.86 Å². The zero-order valence-corrected chi connectivity index (χ0v) is 22.3. The van der Waals surface area contributed by atoms with E-state index in [2.05, 4.69) is 58.8 Å². The second-order valence-corrected chi connectivity index (χ2v) is 12.1. The SMILES string of the molecule is CC#CC1(OC)C(OC)CC2C3CCC4(O)CC(=P)CCC4=C3[C@@H](c3ccc(C)cc3)C[C@@]21C. The van der Waals surface area contributed by atoms with E-state index in [9.17, 15) is 5.11 Å². The fourth-order valence-electron chi connectivity index (χ4n) is 8.30. The van der Waals surface area contributed by atoms with Gasteiger partial charge in [0.2, 0.25) is 0 Å². The Bertz CT molecular complexity index is 1080. The number of aliphatic hydroxyl groups is 1. The molecule has 1 aromatic rings. The van der Waals surface area contributed by atoms with Gasteiger partial charge in [-0.15, -0.1) is 14.8 Å². The molecule has 34 heavy (non-hydrogen) atoms. The van der Waals surface area contributed by atoms with Gasteiger partial charge in [0.15, 0.2) is 5.60 Å². The molecule has 0 saturated heterocycles. The summed E-state index contributed by atoms with van der Waals surface area (Å²) in [4.78, 5) is 0. The maximum absolute atomic E-state index is 11.9. The monoisotopic (exact) mass is 478 g/mol. The molecule has 0 aliphatic heterocycles. The molecular formula is C30H39O3P. The lowest BCUT2D eigenvalue weighted by Crippen LogP contribution is -2.56. The van der Waals surface area contributed by atoms with E-state index in [4.69, 9.17) is 9.47 Å². The third-order valence-corrected chi connectivity index (χ3v) is 10.3. The van der Waals surface area contributed by atoms with Crippen molar-refractivity contribution < 1.29 is 14.6 Å². The summed E-state index contributed by atoms with van der Waals surface area (Å²) in [5, 5.41) is 13.1. The first kappa shape index (κ1) is 24.3. The summed E-state index contributed by atoms with van der Waals surface area (Å²) < 4.78 is 12.5. The smallest absolute Gasteiger partial charge is 0.159 e. The van der Waals surface area contributed by atoms with Crippen LogP contribution in [0.4, 0.5) is 0 Å². The van der Waals surface area contributed by atoms with Crippen LogP contribution in [0.25, 0.3) is 0 Å². The number of benzene rings is 1. The highest BCUT2D eigenvalue weighted by molar-refractivity contribution is 7.21. The van der Waals surface area contributed by atoms with Gasteiger partial charge in [-0.3, -0.25) is 0 Å². The van der Waals surface area contributed by atoms with Crippen LogP contribution in [-0.4, -0.2) is 41.9 Å². The number of hydrogen-bond acceptors (Lipinski definition) is 3. The molecule has 182 valence electrons. The van der Waals surface area contributed by atoms with Crippen LogP contribution in [0.15, 0.2) is 35.4 Å². The lowest BCUT2D eigenvalue weighted by atomic mass is 9.50. The van der Waals surface area contributed by atoms with Gasteiger partial charge in [0.1, 0.15) is 0 Å². The minimum absolute atomic E-state index is 0.0580. The van der Waals surface area contributed by atoms with Crippen LogP contribution in [0.5, 0.6) is 0 Å². The second kappa shape index (κ2) is 8.60. The van der Waals surface area contributed by atoms with Gasteiger partial charge in [-0.1, -0.05) is 48.2 Å². The van der Waals surface area contributed by atoms with E-state index >= 15 is 0 Å². The lowest BCUT2D eigenvalue weighted by Gasteiger charge is -2.56. The molecule has 7 atom stereocenters. The standard InChI is InChI=1S/C30H39O3P/c1-6-14-30(33-5)26(32-4)16-25-22-13-15-29(31)17-21(34)11-12-24(29)27(22)23(18-28(25,30)3)20-9-7-19(2)8-10-20/h7-10,22-23,25-26,31,34H,11-13,15-18H2,1-5H3/t22?,23-,25?,26?,28+,29?,30?/m1/s1. The molecule has 3 fully saturated rings. The van der Waals surface area contributed by atoms with Crippen molar-refractivity contribution in [3.63, 3.8) is 0 Å². The van der Waals surface area contributed by atoms with Gasteiger partial charge >= 0.3 is 0 Å². The molecule has 4 aliphatic rings. The number of aryl methyl sites for hydroxylation is 1. The van der Waals surface area contributed by atoms with Gasteiger partial charge in [0, 0.05) is 32.0 Å². The molecule has 3 saturated carbocycles. The Balaban J connectivity index is 1.72. The van der Waals surface area contributed by atoms with E-state index in [1.807, 2.05) is 14.0 Å². The summed E-state index contributed by atoms with van der Waals surface area (Å²) in [6.07, 6.45) is 6.38. The number of allylic oxidation sites excluding steroid dienone is 1. The molecule has 0 aromatic heterocycles. The molecule has 0 radical (unpaired) electrons. The Hall–Kier alpha value is -1.43. The van der Waals surface area contributed by atoms with Gasteiger partial charge in [0.25, 0.3) is 0 Å². The van der Waals surface area contributed by atoms with Gasteiger partial charge in [0.05, 0.1) is 11.7 Å². The highest BCUT2D eigenvalue weighted by Gasteiger charge is 2.68. The quantitative estimate of drug-likeness (QED) is 0.336. The van der Waals surface area contributed by atoms with E-state index in [1.165, 1.54) is 27.6 Å². The molecular weight excluding hydrogens is 439 g/mol.